The minimum Gasteiger partial charge on any atom is -0.493 e. The lowest BCUT2D eigenvalue weighted by atomic mass is 10.1. The molecule has 3 aromatic rings. The highest BCUT2D eigenvalue weighted by molar-refractivity contribution is 7.92. The van der Waals surface area contributed by atoms with E-state index in [1.165, 1.54) is 37.3 Å². The fourth-order valence-electron chi connectivity index (χ4n) is 4.66. The zero-order chi connectivity index (χ0) is 31.6. The van der Waals surface area contributed by atoms with Gasteiger partial charge in [0.25, 0.3) is 10.0 Å². The summed E-state index contributed by atoms with van der Waals surface area (Å²) in [5.41, 5.74) is 2.27. The first-order valence-corrected chi connectivity index (χ1v) is 15.9. The van der Waals surface area contributed by atoms with Crippen LogP contribution in [0.2, 0.25) is 0 Å². The van der Waals surface area contributed by atoms with Gasteiger partial charge in [0.1, 0.15) is 12.6 Å². The van der Waals surface area contributed by atoms with E-state index < -0.39 is 28.5 Å². The minimum absolute atomic E-state index is 0.0592. The second-order valence-corrected chi connectivity index (χ2v) is 12.6. The molecular formula is C33H43N3O6S. The van der Waals surface area contributed by atoms with Gasteiger partial charge in [0.05, 0.1) is 24.8 Å². The molecule has 43 heavy (non-hydrogen) atoms. The Morgan fingerprint density at radius 3 is 2.14 bits per heavy atom. The van der Waals surface area contributed by atoms with Crippen LogP contribution in [0.3, 0.4) is 0 Å². The summed E-state index contributed by atoms with van der Waals surface area (Å²) in [6, 6.07) is 20.1. The number of hydrogen-bond donors (Lipinski definition) is 1. The Kier molecular flexibility index (Phi) is 12.0. The standard InChI is InChI=1S/C33H43N3O6S/c1-7-29(33(38)34-22-24(2)3)35(20-19-26-11-9-8-10-12-26)32(37)23-36(27-15-13-25(4)14-16-27)43(39,40)28-17-18-30(41-5)31(21-28)42-6/h8-18,21,24,29H,7,19-20,22-23H2,1-6H3,(H,34,38)/t29-/m0/s1. The number of anilines is 1. The van der Waals surface area contributed by atoms with Crippen molar-refractivity contribution in [2.24, 2.45) is 5.92 Å². The molecule has 1 N–H and O–H groups in total. The van der Waals surface area contributed by atoms with Crippen molar-refractivity contribution >= 4 is 27.5 Å². The largest absolute Gasteiger partial charge is 0.493 e. The zero-order valence-electron chi connectivity index (χ0n) is 25.9. The molecule has 0 aliphatic heterocycles. The molecule has 0 aromatic heterocycles. The molecule has 0 bridgehead atoms. The number of aryl methyl sites for hydroxylation is 1. The third kappa shape index (κ3) is 8.73. The van der Waals surface area contributed by atoms with Gasteiger partial charge in [-0.1, -0.05) is 68.8 Å². The van der Waals surface area contributed by atoms with Crippen LogP contribution in [0.15, 0.2) is 77.7 Å². The Bertz CT molecular complexity index is 1460. The van der Waals surface area contributed by atoms with E-state index in [4.69, 9.17) is 9.47 Å². The van der Waals surface area contributed by atoms with Crippen LogP contribution in [0.5, 0.6) is 11.5 Å². The van der Waals surface area contributed by atoms with Crippen LogP contribution >= 0.6 is 0 Å². The maximum atomic E-state index is 14.2. The van der Waals surface area contributed by atoms with Gasteiger partial charge in [-0.3, -0.25) is 13.9 Å². The molecule has 0 aliphatic carbocycles. The third-order valence-electron chi connectivity index (χ3n) is 7.10. The molecule has 0 radical (unpaired) electrons. The highest BCUT2D eigenvalue weighted by Gasteiger charge is 2.34. The Balaban J connectivity index is 2.03. The molecule has 10 heteroatoms. The van der Waals surface area contributed by atoms with Crippen molar-refractivity contribution in [1.82, 2.24) is 10.2 Å². The number of benzene rings is 3. The molecule has 0 unspecified atom stereocenters. The Morgan fingerprint density at radius 2 is 1.56 bits per heavy atom. The number of ether oxygens (including phenoxy) is 2. The average Bonchev–Trinajstić information content (AvgIpc) is 3.01. The fourth-order valence-corrected chi connectivity index (χ4v) is 6.09. The van der Waals surface area contributed by atoms with Crippen LogP contribution in [0, 0.1) is 12.8 Å². The fraction of sp³-hybridized carbons (Fsp3) is 0.394. The van der Waals surface area contributed by atoms with Crippen LogP contribution in [-0.2, 0) is 26.0 Å². The first-order chi connectivity index (χ1) is 20.5. The molecule has 0 saturated heterocycles. The van der Waals surface area contributed by atoms with Crippen molar-refractivity contribution in [2.45, 2.75) is 51.5 Å². The zero-order valence-corrected chi connectivity index (χ0v) is 26.7. The molecule has 232 valence electrons. The van der Waals surface area contributed by atoms with Gasteiger partial charge in [0.2, 0.25) is 11.8 Å². The lowest BCUT2D eigenvalue weighted by Crippen LogP contribution is -2.53. The van der Waals surface area contributed by atoms with Gasteiger partial charge in [-0.05, 0) is 55.5 Å². The summed E-state index contributed by atoms with van der Waals surface area (Å²) < 4.78 is 40.0. The molecule has 3 aromatic carbocycles. The summed E-state index contributed by atoms with van der Waals surface area (Å²) in [7, 11) is -1.35. The summed E-state index contributed by atoms with van der Waals surface area (Å²) in [5.74, 6) is 0.119. The summed E-state index contributed by atoms with van der Waals surface area (Å²) in [5, 5.41) is 2.95. The molecule has 0 aliphatic rings. The van der Waals surface area contributed by atoms with Crippen LogP contribution in [0.1, 0.15) is 38.3 Å². The maximum Gasteiger partial charge on any atom is 0.264 e. The predicted octanol–water partition coefficient (Wildman–Crippen LogP) is 4.83. The van der Waals surface area contributed by atoms with Crippen molar-refractivity contribution < 1.29 is 27.5 Å². The van der Waals surface area contributed by atoms with Gasteiger partial charge in [-0.25, -0.2) is 8.42 Å². The SMILES string of the molecule is CC[C@@H](C(=O)NCC(C)C)N(CCc1ccccc1)C(=O)CN(c1ccc(C)cc1)S(=O)(=O)c1ccc(OC)c(OC)c1. The lowest BCUT2D eigenvalue weighted by Gasteiger charge is -2.33. The first kappa shape index (κ1) is 33.5. The maximum absolute atomic E-state index is 14.2. The summed E-state index contributed by atoms with van der Waals surface area (Å²) >= 11 is 0. The number of nitrogens with zero attached hydrogens (tertiary/aromatic N) is 2. The van der Waals surface area contributed by atoms with E-state index in [1.54, 1.807) is 24.3 Å². The van der Waals surface area contributed by atoms with E-state index in [2.05, 4.69) is 5.32 Å². The second-order valence-electron chi connectivity index (χ2n) is 10.7. The molecular weight excluding hydrogens is 566 g/mol. The summed E-state index contributed by atoms with van der Waals surface area (Å²) in [6.07, 6.45) is 0.880. The number of sulfonamides is 1. The van der Waals surface area contributed by atoms with Crippen LogP contribution < -0.4 is 19.1 Å². The highest BCUT2D eigenvalue weighted by atomic mass is 32.2. The Labute approximate surface area is 255 Å². The molecule has 0 saturated carbocycles. The van der Waals surface area contributed by atoms with Crippen molar-refractivity contribution in [3.8, 4) is 11.5 Å². The number of amides is 2. The van der Waals surface area contributed by atoms with Gasteiger partial charge in [0.15, 0.2) is 11.5 Å². The molecule has 0 heterocycles. The van der Waals surface area contributed by atoms with E-state index in [-0.39, 0.29) is 29.0 Å². The van der Waals surface area contributed by atoms with Gasteiger partial charge < -0.3 is 19.7 Å². The van der Waals surface area contributed by atoms with Crippen LogP contribution in [-0.4, -0.2) is 65.0 Å². The Morgan fingerprint density at radius 1 is 0.907 bits per heavy atom. The van der Waals surface area contributed by atoms with Gasteiger partial charge in [-0.2, -0.15) is 0 Å². The smallest absolute Gasteiger partial charge is 0.264 e. The molecule has 1 atom stereocenters. The van der Waals surface area contributed by atoms with Crippen molar-refractivity contribution in [3.05, 3.63) is 83.9 Å². The van der Waals surface area contributed by atoms with E-state index in [0.717, 1.165) is 15.4 Å². The van der Waals surface area contributed by atoms with Crippen molar-refractivity contribution in [2.75, 3.05) is 38.2 Å². The molecule has 3 rings (SSSR count). The van der Waals surface area contributed by atoms with E-state index >= 15 is 0 Å². The van der Waals surface area contributed by atoms with E-state index in [0.29, 0.717) is 30.8 Å². The Hall–Kier alpha value is -4.05. The number of carbonyl (C=O) groups is 2. The van der Waals surface area contributed by atoms with Crippen molar-refractivity contribution in [3.63, 3.8) is 0 Å². The molecule has 0 fully saturated rings. The number of hydrogen-bond acceptors (Lipinski definition) is 6. The number of carbonyl (C=O) groups excluding carboxylic acids is 2. The normalized spacial score (nSPS) is 12.0. The summed E-state index contributed by atoms with van der Waals surface area (Å²) in [4.78, 5) is 28.9. The first-order valence-electron chi connectivity index (χ1n) is 14.4. The monoisotopic (exact) mass is 609 g/mol. The average molecular weight is 610 g/mol. The number of methoxy groups -OCH3 is 2. The molecule has 9 nitrogen and oxygen atoms in total. The molecule has 2 amide bonds. The van der Waals surface area contributed by atoms with E-state index in [1.807, 2.05) is 58.0 Å². The number of rotatable bonds is 15. The minimum atomic E-state index is -4.24. The quantitative estimate of drug-likeness (QED) is 0.265. The highest BCUT2D eigenvalue weighted by Crippen LogP contribution is 2.32. The summed E-state index contributed by atoms with van der Waals surface area (Å²) in [6.45, 7) is 7.96. The van der Waals surface area contributed by atoms with Gasteiger partial charge in [0, 0.05) is 19.2 Å². The van der Waals surface area contributed by atoms with Gasteiger partial charge in [-0.15, -0.1) is 0 Å². The predicted molar refractivity (Wildman–Crippen MR) is 169 cm³/mol. The lowest BCUT2D eigenvalue weighted by molar-refractivity contribution is -0.139. The van der Waals surface area contributed by atoms with Crippen molar-refractivity contribution in [1.29, 1.82) is 0 Å². The topological polar surface area (TPSA) is 105 Å². The third-order valence-corrected chi connectivity index (χ3v) is 8.87. The molecule has 0 spiro atoms. The van der Waals surface area contributed by atoms with E-state index in [9.17, 15) is 18.0 Å². The second kappa shape index (κ2) is 15.4. The van der Waals surface area contributed by atoms with Crippen LogP contribution in [0.25, 0.3) is 0 Å². The number of nitrogens with one attached hydrogen (secondary N) is 1. The van der Waals surface area contributed by atoms with Crippen LogP contribution in [0.4, 0.5) is 5.69 Å². The van der Waals surface area contributed by atoms with Gasteiger partial charge >= 0.3 is 0 Å².